The highest BCUT2D eigenvalue weighted by Crippen LogP contribution is 2.19. The zero-order valence-electron chi connectivity index (χ0n) is 11.2. The van der Waals surface area contributed by atoms with Crippen molar-refractivity contribution >= 4 is 38.8 Å². The van der Waals surface area contributed by atoms with Gasteiger partial charge in [-0.25, -0.2) is 8.42 Å². The van der Waals surface area contributed by atoms with Crippen LogP contribution >= 0.6 is 12.2 Å². The second-order valence-corrected chi connectivity index (χ2v) is 6.16. The van der Waals surface area contributed by atoms with Gasteiger partial charge in [0.1, 0.15) is 10.1 Å². The van der Waals surface area contributed by atoms with Crippen molar-refractivity contribution in [1.82, 2.24) is 0 Å². The first-order valence-corrected chi connectivity index (χ1v) is 7.87. The van der Waals surface area contributed by atoms with E-state index in [9.17, 15) is 13.0 Å². The first kappa shape index (κ1) is 15.4. The van der Waals surface area contributed by atoms with Gasteiger partial charge in [0, 0.05) is 11.4 Å². The second kappa shape index (κ2) is 6.21. The number of benzene rings is 2. The van der Waals surface area contributed by atoms with Gasteiger partial charge in [0.2, 0.25) is 0 Å². The van der Waals surface area contributed by atoms with Gasteiger partial charge in [0.05, 0.1) is 4.90 Å². The van der Waals surface area contributed by atoms with Gasteiger partial charge in [0.15, 0.2) is 5.11 Å². The van der Waals surface area contributed by atoms with Crippen LogP contribution in [0.4, 0.5) is 11.4 Å². The van der Waals surface area contributed by atoms with E-state index in [4.69, 9.17) is 12.2 Å². The molecule has 7 heteroatoms. The van der Waals surface area contributed by atoms with Gasteiger partial charge in [-0.15, -0.1) is 0 Å². The van der Waals surface area contributed by atoms with E-state index >= 15 is 0 Å². The van der Waals surface area contributed by atoms with Crippen LogP contribution in [-0.2, 0) is 10.1 Å². The monoisotopic (exact) mass is 321 g/mol. The SMILES string of the molecule is Cc1cc(S(=O)(=O)[O-])ccc1NC(=S)Nc1ccccc1. The summed E-state index contributed by atoms with van der Waals surface area (Å²) >= 11 is 5.18. The lowest BCUT2D eigenvalue weighted by atomic mass is 10.2. The molecule has 0 unspecified atom stereocenters. The summed E-state index contributed by atoms with van der Waals surface area (Å²) in [6.45, 7) is 1.70. The molecule has 0 heterocycles. The van der Waals surface area contributed by atoms with Crippen molar-refractivity contribution in [2.24, 2.45) is 0 Å². The molecule has 0 radical (unpaired) electrons. The Balaban J connectivity index is 2.11. The molecular formula is C14H13N2O3S2-. The van der Waals surface area contributed by atoms with E-state index in [1.807, 2.05) is 30.3 Å². The Morgan fingerprint density at radius 3 is 2.33 bits per heavy atom. The van der Waals surface area contributed by atoms with Crippen LogP contribution in [0.5, 0.6) is 0 Å². The molecule has 2 rings (SSSR count). The van der Waals surface area contributed by atoms with E-state index < -0.39 is 10.1 Å². The minimum absolute atomic E-state index is 0.257. The van der Waals surface area contributed by atoms with Gasteiger partial charge in [-0.2, -0.15) is 0 Å². The van der Waals surface area contributed by atoms with Gasteiger partial charge >= 0.3 is 0 Å². The average Bonchev–Trinajstić information content (AvgIpc) is 2.41. The number of aryl methyl sites for hydroxylation is 1. The van der Waals surface area contributed by atoms with Gasteiger partial charge < -0.3 is 15.2 Å². The molecule has 0 aliphatic heterocycles. The third-order valence-corrected chi connectivity index (χ3v) is 3.80. The van der Waals surface area contributed by atoms with Crippen molar-refractivity contribution in [3.8, 4) is 0 Å². The van der Waals surface area contributed by atoms with Crippen LogP contribution in [0.25, 0.3) is 0 Å². The van der Waals surface area contributed by atoms with Gasteiger partial charge in [-0.05, 0) is 55.0 Å². The van der Waals surface area contributed by atoms with Crippen molar-refractivity contribution in [2.75, 3.05) is 10.6 Å². The summed E-state index contributed by atoms with van der Waals surface area (Å²) in [7, 11) is -4.45. The standard InChI is InChI=1S/C14H14N2O3S2/c1-10-9-12(21(17,18)19)7-8-13(10)16-14(20)15-11-5-3-2-4-6-11/h2-9H,1H3,(H2,15,16,20)(H,17,18,19)/p-1. The zero-order valence-corrected chi connectivity index (χ0v) is 12.8. The minimum atomic E-state index is -4.45. The summed E-state index contributed by atoms with van der Waals surface area (Å²) in [4.78, 5) is -0.257. The second-order valence-electron chi connectivity index (χ2n) is 4.38. The Kier molecular flexibility index (Phi) is 4.56. The number of rotatable bonds is 3. The lowest BCUT2D eigenvalue weighted by Crippen LogP contribution is -2.19. The van der Waals surface area contributed by atoms with E-state index in [0.717, 1.165) is 5.69 Å². The van der Waals surface area contributed by atoms with Crippen LogP contribution in [0, 0.1) is 6.92 Å². The molecule has 0 saturated heterocycles. The molecule has 0 spiro atoms. The Bertz CT molecular complexity index is 759. The number of para-hydroxylation sites is 1. The molecule has 2 aromatic rings. The summed E-state index contributed by atoms with van der Waals surface area (Å²) < 4.78 is 32.8. The van der Waals surface area contributed by atoms with E-state index in [1.165, 1.54) is 18.2 Å². The molecule has 0 aliphatic rings. The van der Waals surface area contributed by atoms with Gasteiger partial charge in [-0.1, -0.05) is 18.2 Å². The van der Waals surface area contributed by atoms with Crippen molar-refractivity contribution in [2.45, 2.75) is 11.8 Å². The quantitative estimate of drug-likeness (QED) is 0.668. The maximum absolute atomic E-state index is 10.9. The van der Waals surface area contributed by atoms with Crippen LogP contribution in [0.2, 0.25) is 0 Å². The smallest absolute Gasteiger partial charge is 0.175 e. The van der Waals surface area contributed by atoms with E-state index in [-0.39, 0.29) is 4.90 Å². The molecular weight excluding hydrogens is 308 g/mol. The highest BCUT2D eigenvalue weighted by molar-refractivity contribution is 7.85. The summed E-state index contributed by atoms with van der Waals surface area (Å²) in [5.74, 6) is 0. The first-order valence-electron chi connectivity index (χ1n) is 6.06. The minimum Gasteiger partial charge on any atom is -0.744 e. The van der Waals surface area contributed by atoms with Crippen molar-refractivity contribution in [1.29, 1.82) is 0 Å². The summed E-state index contributed by atoms with van der Waals surface area (Å²) in [6.07, 6.45) is 0. The van der Waals surface area contributed by atoms with E-state index in [0.29, 0.717) is 16.4 Å². The molecule has 2 aromatic carbocycles. The number of hydrogen-bond donors (Lipinski definition) is 2. The summed E-state index contributed by atoms with van der Waals surface area (Å²) in [5.41, 5.74) is 2.09. The van der Waals surface area contributed by atoms with Gasteiger partial charge in [-0.3, -0.25) is 0 Å². The first-order chi connectivity index (χ1) is 9.86. The van der Waals surface area contributed by atoms with Gasteiger partial charge in [0.25, 0.3) is 0 Å². The number of nitrogens with one attached hydrogen (secondary N) is 2. The molecule has 110 valence electrons. The number of anilines is 2. The fourth-order valence-electron chi connectivity index (χ4n) is 1.74. The molecule has 0 aliphatic carbocycles. The molecule has 0 atom stereocenters. The molecule has 0 amide bonds. The molecule has 0 fully saturated rings. The predicted molar refractivity (Wildman–Crippen MR) is 85.4 cm³/mol. The van der Waals surface area contributed by atoms with Crippen molar-refractivity contribution < 1.29 is 13.0 Å². The van der Waals surface area contributed by atoms with Crippen LogP contribution in [0.1, 0.15) is 5.56 Å². The van der Waals surface area contributed by atoms with Crippen LogP contribution < -0.4 is 10.6 Å². The van der Waals surface area contributed by atoms with E-state index in [1.54, 1.807) is 6.92 Å². The molecule has 0 saturated carbocycles. The fraction of sp³-hybridized carbons (Fsp3) is 0.0714. The highest BCUT2D eigenvalue weighted by Gasteiger charge is 2.06. The molecule has 2 N–H and O–H groups in total. The Morgan fingerprint density at radius 1 is 1.10 bits per heavy atom. The third kappa shape index (κ3) is 4.25. The Hall–Kier alpha value is -1.96. The molecule has 21 heavy (non-hydrogen) atoms. The predicted octanol–water partition coefficient (Wildman–Crippen LogP) is 2.71. The molecule has 0 aromatic heterocycles. The normalized spacial score (nSPS) is 11.0. The van der Waals surface area contributed by atoms with Crippen LogP contribution in [0.3, 0.4) is 0 Å². The summed E-state index contributed by atoms with van der Waals surface area (Å²) in [6, 6.07) is 13.5. The zero-order chi connectivity index (χ0) is 15.5. The maximum Gasteiger partial charge on any atom is 0.175 e. The lowest BCUT2D eigenvalue weighted by Gasteiger charge is -2.14. The molecule has 0 bridgehead atoms. The largest absolute Gasteiger partial charge is 0.744 e. The third-order valence-electron chi connectivity index (χ3n) is 2.77. The number of thiocarbonyl (C=S) groups is 1. The lowest BCUT2D eigenvalue weighted by molar-refractivity contribution is 0.463. The topological polar surface area (TPSA) is 81.3 Å². The van der Waals surface area contributed by atoms with Crippen LogP contribution in [-0.4, -0.2) is 18.1 Å². The molecule has 5 nitrogen and oxygen atoms in total. The maximum atomic E-state index is 10.9. The Labute approximate surface area is 128 Å². The van der Waals surface area contributed by atoms with E-state index in [2.05, 4.69) is 10.6 Å². The number of hydrogen-bond acceptors (Lipinski definition) is 4. The average molecular weight is 321 g/mol. The fourth-order valence-corrected chi connectivity index (χ4v) is 2.52. The Morgan fingerprint density at radius 2 is 1.76 bits per heavy atom. The summed E-state index contributed by atoms with van der Waals surface area (Å²) in [5, 5.41) is 6.34. The highest BCUT2D eigenvalue weighted by atomic mass is 32.2. The van der Waals surface area contributed by atoms with Crippen molar-refractivity contribution in [3.63, 3.8) is 0 Å². The van der Waals surface area contributed by atoms with Crippen molar-refractivity contribution in [3.05, 3.63) is 54.1 Å². The van der Waals surface area contributed by atoms with Crippen LogP contribution in [0.15, 0.2) is 53.4 Å².